The lowest BCUT2D eigenvalue weighted by atomic mass is 9.43. The van der Waals surface area contributed by atoms with Crippen LogP contribution in [0.4, 0.5) is 0 Å². The summed E-state index contributed by atoms with van der Waals surface area (Å²) in [5, 5.41) is 15.7. The van der Waals surface area contributed by atoms with Crippen molar-refractivity contribution in [1.29, 1.82) is 0 Å². The summed E-state index contributed by atoms with van der Waals surface area (Å²) in [5.41, 5.74) is 0.0652. The molecule has 35 heavy (non-hydrogen) atoms. The highest BCUT2D eigenvalue weighted by Crippen LogP contribution is 2.70. The number of esters is 1. The number of rotatable bonds is 3. The molecule has 6 rings (SSSR count). The zero-order chi connectivity index (χ0) is 24.4. The van der Waals surface area contributed by atoms with Crippen molar-refractivity contribution < 1.29 is 19.1 Å². The lowest BCUT2D eigenvalue weighted by molar-refractivity contribution is -0.207. The second-order valence-electron chi connectivity index (χ2n) is 12.8. The SMILES string of the molecule is CC12CCC(OC(=O)C3CCCN3)CC1CCC1C2CCC2(C)C(c3ccc(=O)oc3)CCC12O. The first-order valence-electron chi connectivity index (χ1n) is 14.0. The molecule has 5 aliphatic rings. The minimum atomic E-state index is -0.678. The summed E-state index contributed by atoms with van der Waals surface area (Å²) in [4.78, 5) is 24.1. The molecular weight excluding hydrogens is 442 g/mol. The molecule has 1 aromatic heterocycles. The van der Waals surface area contributed by atoms with Crippen LogP contribution in [0.15, 0.2) is 27.6 Å². The lowest BCUT2D eigenvalue weighted by Gasteiger charge is -2.63. The number of ether oxygens (including phenoxy) is 1. The molecule has 1 saturated heterocycles. The van der Waals surface area contributed by atoms with Crippen molar-refractivity contribution in [3.8, 4) is 0 Å². The standard InChI is InChI=1S/C29H41NO5/c1-27-12-9-20(35-26(32)24-4-3-15-30-24)16-19(27)6-7-23-22(27)10-13-28(2)21(11-14-29(23,28)33)18-5-8-25(31)34-17-18/h5,8,17,19-24,30,33H,3-4,6-7,9-16H2,1-2H3. The molecule has 4 aliphatic carbocycles. The summed E-state index contributed by atoms with van der Waals surface area (Å²) in [6, 6.07) is 3.31. The van der Waals surface area contributed by atoms with E-state index in [0.29, 0.717) is 17.8 Å². The molecule has 0 aromatic carbocycles. The number of fused-ring (bicyclic) bond motifs is 5. The van der Waals surface area contributed by atoms with E-state index in [0.717, 1.165) is 82.7 Å². The van der Waals surface area contributed by atoms with Crippen LogP contribution in [0.5, 0.6) is 0 Å². The first kappa shape index (κ1) is 23.7. The predicted molar refractivity (Wildman–Crippen MR) is 132 cm³/mol. The largest absolute Gasteiger partial charge is 0.461 e. The van der Waals surface area contributed by atoms with Crippen molar-refractivity contribution in [2.75, 3.05) is 6.54 Å². The number of hydrogen-bond donors (Lipinski definition) is 2. The van der Waals surface area contributed by atoms with Gasteiger partial charge in [0.1, 0.15) is 12.1 Å². The molecule has 0 amide bonds. The van der Waals surface area contributed by atoms with Gasteiger partial charge in [0.05, 0.1) is 11.9 Å². The molecule has 4 saturated carbocycles. The predicted octanol–water partition coefficient (Wildman–Crippen LogP) is 4.54. The normalized spacial score (nSPS) is 46.9. The highest BCUT2D eigenvalue weighted by molar-refractivity contribution is 5.76. The Morgan fingerprint density at radius 3 is 2.66 bits per heavy atom. The summed E-state index contributed by atoms with van der Waals surface area (Å²) in [6.45, 7) is 5.67. The van der Waals surface area contributed by atoms with Gasteiger partial charge in [0, 0.05) is 11.5 Å². The topological polar surface area (TPSA) is 88.8 Å². The second-order valence-corrected chi connectivity index (χ2v) is 12.8. The van der Waals surface area contributed by atoms with Gasteiger partial charge in [-0.05, 0) is 118 Å². The Bertz CT molecular complexity index is 1010. The van der Waals surface area contributed by atoms with Crippen molar-refractivity contribution in [2.24, 2.45) is 28.6 Å². The maximum Gasteiger partial charge on any atom is 0.335 e. The Morgan fingerprint density at radius 1 is 1.06 bits per heavy atom. The third kappa shape index (κ3) is 3.57. The van der Waals surface area contributed by atoms with Crippen LogP contribution in [0.3, 0.4) is 0 Å². The van der Waals surface area contributed by atoms with Crippen LogP contribution in [-0.4, -0.2) is 35.4 Å². The molecule has 0 spiro atoms. The van der Waals surface area contributed by atoms with Crippen LogP contribution >= 0.6 is 0 Å². The van der Waals surface area contributed by atoms with E-state index in [-0.39, 0.29) is 40.5 Å². The summed E-state index contributed by atoms with van der Waals surface area (Å²) in [6.07, 6.45) is 12.7. The van der Waals surface area contributed by atoms with E-state index in [1.807, 2.05) is 6.07 Å². The van der Waals surface area contributed by atoms with Gasteiger partial charge < -0.3 is 19.6 Å². The maximum atomic E-state index is 12.6. The Kier molecular flexibility index (Phi) is 5.72. The highest BCUT2D eigenvalue weighted by Gasteiger charge is 2.67. The fourth-order valence-corrected chi connectivity index (χ4v) is 9.53. The van der Waals surface area contributed by atoms with Gasteiger partial charge in [0.25, 0.3) is 0 Å². The minimum Gasteiger partial charge on any atom is -0.461 e. The van der Waals surface area contributed by atoms with Gasteiger partial charge in [-0.3, -0.25) is 4.79 Å². The van der Waals surface area contributed by atoms with E-state index in [9.17, 15) is 14.7 Å². The number of aliphatic hydroxyl groups is 1. The third-order valence-corrected chi connectivity index (χ3v) is 11.6. The van der Waals surface area contributed by atoms with E-state index in [1.54, 1.807) is 6.26 Å². The zero-order valence-corrected chi connectivity index (χ0v) is 21.3. The molecule has 1 aliphatic heterocycles. The Morgan fingerprint density at radius 2 is 1.91 bits per heavy atom. The molecular formula is C29H41NO5. The molecule has 9 atom stereocenters. The van der Waals surface area contributed by atoms with Crippen molar-refractivity contribution in [3.05, 3.63) is 34.4 Å². The second kappa shape index (κ2) is 8.44. The van der Waals surface area contributed by atoms with Gasteiger partial charge in [-0.25, -0.2) is 4.79 Å². The smallest absolute Gasteiger partial charge is 0.335 e. The van der Waals surface area contributed by atoms with Crippen LogP contribution < -0.4 is 10.9 Å². The van der Waals surface area contributed by atoms with Gasteiger partial charge in [-0.15, -0.1) is 0 Å². The van der Waals surface area contributed by atoms with Crippen LogP contribution in [0, 0.1) is 28.6 Å². The van der Waals surface area contributed by atoms with Gasteiger partial charge in [-0.2, -0.15) is 0 Å². The molecule has 6 heteroatoms. The number of carbonyl (C=O) groups excluding carboxylic acids is 1. The van der Waals surface area contributed by atoms with Crippen LogP contribution in [0.25, 0.3) is 0 Å². The summed E-state index contributed by atoms with van der Waals surface area (Å²) in [7, 11) is 0. The fourth-order valence-electron chi connectivity index (χ4n) is 9.53. The first-order chi connectivity index (χ1) is 16.7. The number of carbonyl (C=O) groups is 1. The van der Waals surface area contributed by atoms with Gasteiger partial charge in [-0.1, -0.05) is 13.8 Å². The molecule has 1 aromatic rings. The Balaban J connectivity index is 1.19. The Labute approximate surface area is 208 Å². The van der Waals surface area contributed by atoms with Gasteiger partial charge in [0.2, 0.25) is 0 Å². The summed E-state index contributed by atoms with van der Waals surface area (Å²) < 4.78 is 11.2. The molecule has 0 radical (unpaired) electrons. The zero-order valence-electron chi connectivity index (χ0n) is 21.3. The summed E-state index contributed by atoms with van der Waals surface area (Å²) in [5.74, 6) is 1.55. The van der Waals surface area contributed by atoms with E-state index in [1.165, 1.54) is 6.07 Å². The minimum absolute atomic E-state index is 0.0417. The molecule has 2 N–H and O–H groups in total. The number of hydrogen-bond acceptors (Lipinski definition) is 6. The molecule has 0 bridgehead atoms. The summed E-state index contributed by atoms with van der Waals surface area (Å²) >= 11 is 0. The van der Waals surface area contributed by atoms with Crippen LogP contribution in [-0.2, 0) is 9.53 Å². The van der Waals surface area contributed by atoms with Gasteiger partial charge in [0.15, 0.2) is 0 Å². The first-order valence-corrected chi connectivity index (χ1v) is 14.0. The average Bonchev–Trinajstić information content (AvgIpc) is 3.47. The van der Waals surface area contributed by atoms with E-state index < -0.39 is 5.60 Å². The van der Waals surface area contributed by atoms with Crippen molar-refractivity contribution in [3.63, 3.8) is 0 Å². The molecule has 2 heterocycles. The maximum absolute atomic E-state index is 12.6. The highest BCUT2D eigenvalue weighted by atomic mass is 16.5. The third-order valence-electron chi connectivity index (χ3n) is 11.6. The lowest BCUT2D eigenvalue weighted by Crippen LogP contribution is -2.62. The van der Waals surface area contributed by atoms with E-state index in [2.05, 4.69) is 19.2 Å². The Hall–Kier alpha value is -1.66. The fraction of sp³-hybridized carbons (Fsp3) is 0.793. The van der Waals surface area contributed by atoms with Crippen LogP contribution in [0.2, 0.25) is 0 Å². The quantitative estimate of drug-likeness (QED) is 0.614. The molecule has 5 fully saturated rings. The van der Waals surface area contributed by atoms with Crippen molar-refractivity contribution in [1.82, 2.24) is 5.32 Å². The van der Waals surface area contributed by atoms with Crippen LogP contribution in [0.1, 0.15) is 96.0 Å². The molecule has 9 unspecified atom stereocenters. The monoisotopic (exact) mass is 483 g/mol. The van der Waals surface area contributed by atoms with E-state index >= 15 is 0 Å². The van der Waals surface area contributed by atoms with E-state index in [4.69, 9.17) is 9.15 Å². The van der Waals surface area contributed by atoms with Gasteiger partial charge >= 0.3 is 11.6 Å². The molecule has 192 valence electrons. The number of nitrogens with one attached hydrogen (secondary N) is 1. The molecule has 6 nitrogen and oxygen atoms in total. The average molecular weight is 484 g/mol. The van der Waals surface area contributed by atoms with Crippen molar-refractivity contribution >= 4 is 5.97 Å². The van der Waals surface area contributed by atoms with Crippen molar-refractivity contribution in [2.45, 2.75) is 108 Å².